The summed E-state index contributed by atoms with van der Waals surface area (Å²) in [4.78, 5) is 24.7. The van der Waals surface area contributed by atoms with Crippen LogP contribution in [0.25, 0.3) is 11.2 Å². The van der Waals surface area contributed by atoms with Crippen LogP contribution < -0.4 is 5.32 Å². The first-order valence-corrected chi connectivity index (χ1v) is 9.50. The molecule has 3 heterocycles. The Labute approximate surface area is 172 Å². The van der Waals surface area contributed by atoms with Gasteiger partial charge in [0.15, 0.2) is 5.65 Å². The molecule has 0 aliphatic heterocycles. The number of aryl methyl sites for hydroxylation is 2. The van der Waals surface area contributed by atoms with Crippen LogP contribution in [0.2, 0.25) is 0 Å². The van der Waals surface area contributed by atoms with Gasteiger partial charge < -0.3 is 9.88 Å². The number of rotatable bonds is 4. The van der Waals surface area contributed by atoms with E-state index in [1.165, 1.54) is 12.3 Å². The molecule has 0 bridgehead atoms. The molecule has 0 aromatic carbocycles. The van der Waals surface area contributed by atoms with Crippen molar-refractivity contribution in [2.45, 2.75) is 53.8 Å². The van der Waals surface area contributed by atoms with Crippen LogP contribution in [0.4, 0.5) is 19.0 Å². The minimum atomic E-state index is -4.47. The highest BCUT2D eigenvalue weighted by molar-refractivity contribution is 5.92. The molecule has 0 aliphatic carbocycles. The van der Waals surface area contributed by atoms with E-state index in [4.69, 9.17) is 0 Å². The molecule has 3 aromatic heterocycles. The first-order chi connectivity index (χ1) is 13.8. The third-order valence-corrected chi connectivity index (χ3v) is 4.53. The number of aromatic nitrogens is 4. The predicted molar refractivity (Wildman–Crippen MR) is 108 cm³/mol. The SMILES string of the molecule is Cc1cc2c(nc1NC(=O)CC(C)(C)C)nc(C)n2Cc1ccc(C(F)(F)F)nc1. The number of carbonyl (C=O) groups is 1. The Morgan fingerprint density at radius 1 is 1.13 bits per heavy atom. The number of alkyl halides is 3. The van der Waals surface area contributed by atoms with E-state index < -0.39 is 11.9 Å². The first-order valence-electron chi connectivity index (χ1n) is 9.50. The van der Waals surface area contributed by atoms with E-state index in [0.29, 0.717) is 35.8 Å². The standard InChI is InChI=1S/C21H24F3N5O/c1-12-8-15-19(28-18(12)27-17(30)9-20(3,4)5)26-13(2)29(15)11-14-6-7-16(25-10-14)21(22,23)24/h6-8,10H,9,11H2,1-5H3,(H,27,28,30). The first kappa shape index (κ1) is 21.7. The number of carbonyl (C=O) groups excluding carboxylic acids is 1. The Hall–Kier alpha value is -2.97. The van der Waals surface area contributed by atoms with Crippen molar-refractivity contribution < 1.29 is 18.0 Å². The summed E-state index contributed by atoms with van der Waals surface area (Å²) in [5.74, 6) is 0.997. The molecule has 1 N–H and O–H groups in total. The largest absolute Gasteiger partial charge is 0.433 e. The second kappa shape index (κ2) is 7.70. The summed E-state index contributed by atoms with van der Waals surface area (Å²) in [7, 11) is 0. The average molecular weight is 419 g/mol. The number of hydrogen-bond donors (Lipinski definition) is 1. The average Bonchev–Trinajstić information content (AvgIpc) is 2.88. The fourth-order valence-corrected chi connectivity index (χ4v) is 3.11. The van der Waals surface area contributed by atoms with Crippen molar-refractivity contribution in [3.63, 3.8) is 0 Å². The van der Waals surface area contributed by atoms with Gasteiger partial charge in [0.1, 0.15) is 17.3 Å². The summed E-state index contributed by atoms with van der Waals surface area (Å²) >= 11 is 0. The zero-order valence-electron chi connectivity index (χ0n) is 17.6. The fraction of sp³-hybridized carbons (Fsp3) is 0.429. The highest BCUT2D eigenvalue weighted by atomic mass is 19.4. The monoisotopic (exact) mass is 419 g/mol. The zero-order chi connectivity index (χ0) is 22.3. The molecule has 1 amide bonds. The van der Waals surface area contributed by atoms with Crippen molar-refractivity contribution >= 4 is 22.9 Å². The molecule has 0 fully saturated rings. The van der Waals surface area contributed by atoms with Gasteiger partial charge in [0.25, 0.3) is 0 Å². The maximum Gasteiger partial charge on any atom is 0.433 e. The van der Waals surface area contributed by atoms with Gasteiger partial charge in [-0.2, -0.15) is 13.2 Å². The van der Waals surface area contributed by atoms with Gasteiger partial charge in [-0.05, 0) is 42.5 Å². The zero-order valence-corrected chi connectivity index (χ0v) is 17.6. The lowest BCUT2D eigenvalue weighted by molar-refractivity contribution is -0.141. The quantitative estimate of drug-likeness (QED) is 0.654. The van der Waals surface area contributed by atoms with E-state index in [2.05, 4.69) is 20.3 Å². The number of anilines is 1. The minimum Gasteiger partial charge on any atom is -0.322 e. The maximum atomic E-state index is 12.7. The molecule has 30 heavy (non-hydrogen) atoms. The molecule has 9 heteroatoms. The van der Waals surface area contributed by atoms with Crippen molar-refractivity contribution in [1.29, 1.82) is 0 Å². The second-order valence-electron chi connectivity index (χ2n) is 8.58. The van der Waals surface area contributed by atoms with Crippen molar-refractivity contribution in [3.8, 4) is 0 Å². The predicted octanol–water partition coefficient (Wildman–Crippen LogP) is 4.88. The van der Waals surface area contributed by atoms with E-state index in [9.17, 15) is 18.0 Å². The molecule has 0 aliphatic rings. The van der Waals surface area contributed by atoms with Crippen LogP contribution in [0.3, 0.4) is 0 Å². The number of amides is 1. The Morgan fingerprint density at radius 2 is 1.83 bits per heavy atom. The van der Waals surface area contributed by atoms with Crippen LogP contribution in [-0.2, 0) is 17.5 Å². The van der Waals surface area contributed by atoms with E-state index in [0.717, 1.165) is 17.1 Å². The van der Waals surface area contributed by atoms with Crippen LogP contribution in [0, 0.1) is 19.3 Å². The Kier molecular flexibility index (Phi) is 5.58. The third-order valence-electron chi connectivity index (χ3n) is 4.53. The van der Waals surface area contributed by atoms with Gasteiger partial charge in [-0.3, -0.25) is 9.78 Å². The van der Waals surface area contributed by atoms with Gasteiger partial charge in [-0.25, -0.2) is 9.97 Å². The van der Waals surface area contributed by atoms with Crippen LogP contribution >= 0.6 is 0 Å². The topological polar surface area (TPSA) is 72.7 Å². The Balaban J connectivity index is 1.88. The van der Waals surface area contributed by atoms with Crippen molar-refractivity contribution in [2.75, 3.05) is 5.32 Å². The highest BCUT2D eigenvalue weighted by Crippen LogP contribution is 2.28. The Bertz CT molecular complexity index is 1080. The molecule has 160 valence electrons. The summed E-state index contributed by atoms with van der Waals surface area (Å²) in [5, 5.41) is 2.84. The summed E-state index contributed by atoms with van der Waals surface area (Å²) in [6, 6.07) is 4.24. The molecule has 0 saturated carbocycles. The number of fused-ring (bicyclic) bond motifs is 1. The molecule has 6 nitrogen and oxygen atoms in total. The molecule has 3 rings (SSSR count). The summed E-state index contributed by atoms with van der Waals surface area (Å²) in [5.41, 5.74) is 1.52. The maximum absolute atomic E-state index is 12.7. The van der Waals surface area contributed by atoms with Crippen molar-refractivity contribution in [3.05, 3.63) is 47.0 Å². The molecular formula is C21H24F3N5O. The molecule has 0 unspecified atom stereocenters. The van der Waals surface area contributed by atoms with Gasteiger partial charge in [0.2, 0.25) is 5.91 Å². The second-order valence-corrected chi connectivity index (χ2v) is 8.58. The third kappa shape index (κ3) is 4.95. The minimum absolute atomic E-state index is 0.121. The lowest BCUT2D eigenvalue weighted by Gasteiger charge is -2.17. The van der Waals surface area contributed by atoms with Gasteiger partial charge in [0, 0.05) is 12.6 Å². The van der Waals surface area contributed by atoms with Crippen LogP contribution in [0.1, 0.15) is 49.8 Å². The van der Waals surface area contributed by atoms with Crippen molar-refractivity contribution in [2.24, 2.45) is 5.41 Å². The molecule has 3 aromatic rings. The number of hydrogen-bond acceptors (Lipinski definition) is 4. The number of nitrogens with zero attached hydrogens (tertiary/aromatic N) is 4. The fourth-order valence-electron chi connectivity index (χ4n) is 3.11. The smallest absolute Gasteiger partial charge is 0.322 e. The lowest BCUT2D eigenvalue weighted by Crippen LogP contribution is -2.20. The molecule has 0 radical (unpaired) electrons. The number of halogens is 3. The molecule has 0 spiro atoms. The normalized spacial score (nSPS) is 12.4. The number of pyridine rings is 2. The summed E-state index contributed by atoms with van der Waals surface area (Å²) in [6.45, 7) is 9.90. The van der Waals surface area contributed by atoms with E-state index >= 15 is 0 Å². The van der Waals surface area contributed by atoms with Gasteiger partial charge >= 0.3 is 6.18 Å². The Morgan fingerprint density at radius 3 is 2.40 bits per heavy atom. The molecule has 0 saturated heterocycles. The van der Waals surface area contributed by atoms with Gasteiger partial charge in [-0.15, -0.1) is 0 Å². The van der Waals surface area contributed by atoms with Crippen LogP contribution in [-0.4, -0.2) is 25.4 Å². The van der Waals surface area contributed by atoms with Crippen LogP contribution in [0.5, 0.6) is 0 Å². The van der Waals surface area contributed by atoms with Crippen LogP contribution in [0.15, 0.2) is 24.4 Å². The summed E-state index contributed by atoms with van der Waals surface area (Å²) in [6.07, 6.45) is -2.89. The molecular weight excluding hydrogens is 395 g/mol. The van der Waals surface area contributed by atoms with E-state index in [1.807, 2.05) is 38.3 Å². The molecule has 0 atom stereocenters. The number of nitrogens with one attached hydrogen (secondary N) is 1. The van der Waals surface area contributed by atoms with Gasteiger partial charge in [0.05, 0.1) is 12.1 Å². The van der Waals surface area contributed by atoms with Gasteiger partial charge in [-0.1, -0.05) is 26.8 Å². The number of imidazole rings is 1. The van der Waals surface area contributed by atoms with E-state index in [1.54, 1.807) is 6.92 Å². The van der Waals surface area contributed by atoms with E-state index in [-0.39, 0.29) is 11.3 Å². The lowest BCUT2D eigenvalue weighted by atomic mass is 9.92. The summed E-state index contributed by atoms with van der Waals surface area (Å²) < 4.78 is 40.0. The highest BCUT2D eigenvalue weighted by Gasteiger charge is 2.32. The van der Waals surface area contributed by atoms with Crippen molar-refractivity contribution in [1.82, 2.24) is 19.5 Å².